The maximum absolute atomic E-state index is 13.3. The summed E-state index contributed by atoms with van der Waals surface area (Å²) in [6.07, 6.45) is 0.646. The van der Waals surface area contributed by atoms with Gasteiger partial charge in [0.2, 0.25) is 0 Å². The van der Waals surface area contributed by atoms with Crippen LogP contribution < -0.4 is 5.32 Å². The fourth-order valence-corrected chi connectivity index (χ4v) is 1.77. The Morgan fingerprint density at radius 1 is 1.11 bits per heavy atom. The fourth-order valence-electron chi connectivity index (χ4n) is 1.77. The van der Waals surface area contributed by atoms with Crippen LogP contribution in [0.1, 0.15) is 11.1 Å². The smallest absolute Gasteiger partial charge is 0.251 e. The van der Waals surface area contributed by atoms with Gasteiger partial charge in [-0.2, -0.15) is 9.37 Å². The molecule has 5 heteroatoms. The van der Waals surface area contributed by atoms with E-state index in [9.17, 15) is 13.2 Å². The van der Waals surface area contributed by atoms with Crippen molar-refractivity contribution in [2.24, 2.45) is 0 Å². The Balaban J connectivity index is 2.00. The molecule has 0 aliphatic carbocycles. The summed E-state index contributed by atoms with van der Waals surface area (Å²) in [6.45, 7) is 2.37. The van der Waals surface area contributed by atoms with E-state index in [0.717, 1.165) is 11.1 Å². The van der Waals surface area contributed by atoms with Crippen molar-refractivity contribution in [3.63, 3.8) is 0 Å². The number of aryl methyl sites for hydroxylation is 1. The number of benzene rings is 1. The molecule has 0 radical (unpaired) electrons. The van der Waals surface area contributed by atoms with Crippen LogP contribution in [0.25, 0.3) is 0 Å². The molecule has 0 unspecified atom stereocenters. The SMILES string of the molecule is Cc1ccccc1CCNc1nc(F)c(F)cc1F. The van der Waals surface area contributed by atoms with Crippen molar-refractivity contribution in [3.05, 3.63) is 59.0 Å². The Kier molecular flexibility index (Phi) is 4.04. The van der Waals surface area contributed by atoms with Gasteiger partial charge in [0, 0.05) is 12.6 Å². The molecule has 0 bridgehead atoms. The van der Waals surface area contributed by atoms with Crippen molar-refractivity contribution < 1.29 is 13.2 Å². The van der Waals surface area contributed by atoms with E-state index in [2.05, 4.69) is 10.3 Å². The molecule has 0 aliphatic heterocycles. The number of anilines is 1. The van der Waals surface area contributed by atoms with Gasteiger partial charge in [-0.25, -0.2) is 8.78 Å². The third kappa shape index (κ3) is 3.24. The molecule has 0 spiro atoms. The van der Waals surface area contributed by atoms with Gasteiger partial charge < -0.3 is 5.32 Å². The minimum Gasteiger partial charge on any atom is -0.367 e. The topological polar surface area (TPSA) is 24.9 Å². The molecule has 2 aromatic rings. The van der Waals surface area contributed by atoms with Gasteiger partial charge in [0.1, 0.15) is 0 Å². The Morgan fingerprint density at radius 3 is 2.58 bits per heavy atom. The number of aromatic nitrogens is 1. The average Bonchev–Trinajstić information content (AvgIpc) is 2.38. The van der Waals surface area contributed by atoms with Gasteiger partial charge in [-0.15, -0.1) is 0 Å². The van der Waals surface area contributed by atoms with Crippen molar-refractivity contribution in [1.29, 1.82) is 0 Å². The maximum Gasteiger partial charge on any atom is 0.251 e. The summed E-state index contributed by atoms with van der Waals surface area (Å²) in [6, 6.07) is 8.28. The standard InChI is InChI=1S/C14H13F3N2/c1-9-4-2-3-5-10(9)6-7-18-14-12(16)8-11(15)13(17)19-14/h2-5,8H,6-7H2,1H3,(H,18,19). The molecule has 2 rings (SSSR count). The van der Waals surface area contributed by atoms with Crippen LogP contribution in [0.15, 0.2) is 30.3 Å². The summed E-state index contributed by atoms with van der Waals surface area (Å²) in [5, 5.41) is 2.66. The highest BCUT2D eigenvalue weighted by Gasteiger charge is 2.11. The zero-order valence-corrected chi connectivity index (χ0v) is 10.4. The molecule has 1 aromatic carbocycles. The highest BCUT2D eigenvalue weighted by atomic mass is 19.2. The normalized spacial score (nSPS) is 10.5. The Labute approximate surface area is 109 Å². The van der Waals surface area contributed by atoms with Gasteiger partial charge in [-0.1, -0.05) is 24.3 Å². The summed E-state index contributed by atoms with van der Waals surface area (Å²) < 4.78 is 38.9. The minimum absolute atomic E-state index is 0.271. The monoisotopic (exact) mass is 266 g/mol. The molecule has 2 nitrogen and oxygen atoms in total. The zero-order valence-electron chi connectivity index (χ0n) is 10.4. The summed E-state index contributed by atoms with van der Waals surface area (Å²) in [4.78, 5) is 3.20. The van der Waals surface area contributed by atoms with Crippen molar-refractivity contribution in [1.82, 2.24) is 4.98 Å². The van der Waals surface area contributed by atoms with Crippen molar-refractivity contribution >= 4 is 5.82 Å². The zero-order chi connectivity index (χ0) is 13.8. The van der Waals surface area contributed by atoms with Gasteiger partial charge in [-0.3, -0.25) is 0 Å². The van der Waals surface area contributed by atoms with Crippen LogP contribution in [-0.4, -0.2) is 11.5 Å². The molecule has 19 heavy (non-hydrogen) atoms. The number of nitrogens with zero attached hydrogens (tertiary/aromatic N) is 1. The molecular weight excluding hydrogens is 253 g/mol. The molecule has 0 fully saturated rings. The largest absolute Gasteiger partial charge is 0.367 e. The second-order valence-electron chi connectivity index (χ2n) is 4.19. The summed E-state index contributed by atoms with van der Waals surface area (Å²) in [5.74, 6) is -3.77. The van der Waals surface area contributed by atoms with Crippen LogP contribution in [-0.2, 0) is 6.42 Å². The number of hydrogen-bond donors (Lipinski definition) is 1. The first-order chi connectivity index (χ1) is 9.08. The number of halogens is 3. The molecule has 0 saturated carbocycles. The molecule has 1 N–H and O–H groups in total. The quantitative estimate of drug-likeness (QED) is 0.857. The van der Waals surface area contributed by atoms with Gasteiger partial charge in [0.15, 0.2) is 17.5 Å². The maximum atomic E-state index is 13.3. The van der Waals surface area contributed by atoms with E-state index in [1.165, 1.54) is 0 Å². The molecule has 0 amide bonds. The summed E-state index contributed by atoms with van der Waals surface area (Å²) in [5.41, 5.74) is 2.24. The van der Waals surface area contributed by atoms with Gasteiger partial charge in [0.25, 0.3) is 5.95 Å². The Bertz CT molecular complexity index is 585. The highest BCUT2D eigenvalue weighted by molar-refractivity contribution is 5.37. The second kappa shape index (κ2) is 5.73. The lowest BCUT2D eigenvalue weighted by Gasteiger charge is -2.08. The van der Waals surface area contributed by atoms with Crippen molar-refractivity contribution in [3.8, 4) is 0 Å². The molecule has 0 atom stereocenters. The van der Waals surface area contributed by atoms with Crippen LogP contribution in [0.5, 0.6) is 0 Å². The minimum atomic E-state index is -1.31. The first-order valence-corrected chi connectivity index (χ1v) is 5.88. The van der Waals surface area contributed by atoms with Crippen LogP contribution in [0, 0.1) is 24.5 Å². The van der Waals surface area contributed by atoms with Gasteiger partial charge in [-0.05, 0) is 24.5 Å². The second-order valence-corrected chi connectivity index (χ2v) is 4.19. The predicted molar refractivity (Wildman–Crippen MR) is 67.5 cm³/mol. The van der Waals surface area contributed by atoms with Gasteiger partial charge in [0.05, 0.1) is 0 Å². The molecule has 0 aliphatic rings. The predicted octanol–water partition coefficient (Wildman–Crippen LogP) is 3.46. The van der Waals surface area contributed by atoms with E-state index in [1.54, 1.807) is 0 Å². The number of nitrogens with one attached hydrogen (secondary N) is 1. The first kappa shape index (κ1) is 13.4. The third-order valence-electron chi connectivity index (χ3n) is 2.83. The van der Waals surface area contributed by atoms with Crippen LogP contribution in [0.4, 0.5) is 19.0 Å². The van der Waals surface area contributed by atoms with E-state index < -0.39 is 17.6 Å². The number of pyridine rings is 1. The van der Waals surface area contributed by atoms with Gasteiger partial charge >= 0.3 is 0 Å². The van der Waals surface area contributed by atoms with E-state index >= 15 is 0 Å². The molecule has 1 aromatic heterocycles. The first-order valence-electron chi connectivity index (χ1n) is 5.88. The molecule has 100 valence electrons. The van der Waals surface area contributed by atoms with Crippen LogP contribution >= 0.6 is 0 Å². The number of rotatable bonds is 4. The third-order valence-corrected chi connectivity index (χ3v) is 2.83. The van der Waals surface area contributed by atoms with E-state index in [1.807, 2.05) is 31.2 Å². The summed E-state index contributed by atoms with van der Waals surface area (Å²) >= 11 is 0. The van der Waals surface area contributed by atoms with Crippen LogP contribution in [0.2, 0.25) is 0 Å². The highest BCUT2D eigenvalue weighted by Crippen LogP contribution is 2.14. The lowest BCUT2D eigenvalue weighted by atomic mass is 10.1. The van der Waals surface area contributed by atoms with Crippen LogP contribution in [0.3, 0.4) is 0 Å². The van der Waals surface area contributed by atoms with Crippen molar-refractivity contribution in [2.45, 2.75) is 13.3 Å². The Hall–Kier alpha value is -2.04. The molecule has 1 heterocycles. The summed E-state index contributed by atoms with van der Waals surface area (Å²) in [7, 11) is 0. The Morgan fingerprint density at radius 2 is 1.84 bits per heavy atom. The average molecular weight is 266 g/mol. The fraction of sp³-hybridized carbons (Fsp3) is 0.214. The number of hydrogen-bond acceptors (Lipinski definition) is 2. The lowest BCUT2D eigenvalue weighted by molar-refractivity contribution is 0.466. The van der Waals surface area contributed by atoms with E-state index in [0.29, 0.717) is 19.0 Å². The van der Waals surface area contributed by atoms with E-state index in [4.69, 9.17) is 0 Å². The van der Waals surface area contributed by atoms with Crippen molar-refractivity contribution in [2.75, 3.05) is 11.9 Å². The molecule has 0 saturated heterocycles. The lowest BCUT2D eigenvalue weighted by Crippen LogP contribution is -2.10. The van der Waals surface area contributed by atoms with E-state index in [-0.39, 0.29) is 5.82 Å². The molecular formula is C14H13F3N2.